The molecule has 4 nitrogen and oxygen atoms in total. The van der Waals surface area contributed by atoms with E-state index in [1.54, 1.807) is 25.1 Å². The quantitative estimate of drug-likeness (QED) is 0.417. The number of carbonyl (C=O) groups excluding carboxylic acids is 1. The van der Waals surface area contributed by atoms with Gasteiger partial charge in [0, 0.05) is 11.5 Å². The van der Waals surface area contributed by atoms with Gasteiger partial charge in [-0.15, -0.1) is 0 Å². The lowest BCUT2D eigenvalue weighted by atomic mass is 9.88. The zero-order chi connectivity index (χ0) is 24.2. The van der Waals surface area contributed by atoms with E-state index >= 15 is 0 Å². The molecule has 0 heterocycles. The summed E-state index contributed by atoms with van der Waals surface area (Å²) in [7, 11) is 0. The predicted octanol–water partition coefficient (Wildman–Crippen LogP) is 6.01. The molecule has 1 atom stereocenters. The van der Waals surface area contributed by atoms with Gasteiger partial charge in [-0.1, -0.05) is 31.2 Å². The predicted molar refractivity (Wildman–Crippen MR) is 130 cm³/mol. The molecule has 0 aromatic heterocycles. The molecule has 1 aliphatic rings. The smallest absolute Gasteiger partial charge is 0.344 e. The summed E-state index contributed by atoms with van der Waals surface area (Å²) in [5.74, 6) is 0.324. The van der Waals surface area contributed by atoms with Crippen molar-refractivity contribution in [2.45, 2.75) is 52.4 Å². The Morgan fingerprint density at radius 2 is 1.82 bits per heavy atom. The Morgan fingerprint density at radius 1 is 1.09 bits per heavy atom. The molecule has 0 amide bonds. The Bertz CT molecular complexity index is 1180. The molecule has 0 saturated carbocycles. The lowest BCUT2D eigenvalue weighted by molar-refractivity contribution is -0.145. The van der Waals surface area contributed by atoms with E-state index in [2.05, 4.69) is 13.0 Å². The van der Waals surface area contributed by atoms with Crippen LogP contribution in [0.5, 0.6) is 11.5 Å². The van der Waals surface area contributed by atoms with E-state index < -0.39 is 0 Å². The first kappa shape index (κ1) is 23.8. The molecule has 0 radical (unpaired) electrons. The standard InChI is InChI=1S/C29H31FO4/c1-4-33-29(32)17-34-28-14-18(2)25(23-6-5-7-24(23)28)15-20-8-13-27(31)26(16-20)19(3)21-9-11-22(30)12-10-21/h8-14,16,19,31H,4-7,15,17H2,1-3H3. The summed E-state index contributed by atoms with van der Waals surface area (Å²) in [6.45, 7) is 6.14. The summed E-state index contributed by atoms with van der Waals surface area (Å²) in [5.41, 5.74) is 7.78. The Balaban J connectivity index is 1.60. The summed E-state index contributed by atoms with van der Waals surface area (Å²) >= 11 is 0. The van der Waals surface area contributed by atoms with Crippen LogP contribution >= 0.6 is 0 Å². The molecule has 0 saturated heterocycles. The van der Waals surface area contributed by atoms with Crippen LogP contribution in [0.15, 0.2) is 48.5 Å². The first-order valence-corrected chi connectivity index (χ1v) is 11.9. The summed E-state index contributed by atoms with van der Waals surface area (Å²) in [6, 6.07) is 14.2. The molecular weight excluding hydrogens is 431 g/mol. The maximum absolute atomic E-state index is 13.4. The maximum atomic E-state index is 13.4. The van der Waals surface area contributed by atoms with Gasteiger partial charge in [-0.25, -0.2) is 9.18 Å². The van der Waals surface area contributed by atoms with Crippen LogP contribution in [0.4, 0.5) is 4.39 Å². The van der Waals surface area contributed by atoms with Gasteiger partial charge in [0.15, 0.2) is 6.61 Å². The average molecular weight is 463 g/mol. The number of carbonyl (C=O) groups is 1. The van der Waals surface area contributed by atoms with Crippen molar-refractivity contribution >= 4 is 5.97 Å². The van der Waals surface area contributed by atoms with Crippen molar-refractivity contribution in [2.24, 2.45) is 0 Å². The lowest BCUT2D eigenvalue weighted by Crippen LogP contribution is -2.15. The maximum Gasteiger partial charge on any atom is 0.344 e. The van der Waals surface area contributed by atoms with Crippen molar-refractivity contribution < 1.29 is 23.8 Å². The molecule has 0 spiro atoms. The van der Waals surface area contributed by atoms with Crippen LogP contribution in [-0.2, 0) is 28.8 Å². The first-order valence-electron chi connectivity index (χ1n) is 11.9. The molecule has 178 valence electrons. The van der Waals surface area contributed by atoms with Gasteiger partial charge in [-0.2, -0.15) is 0 Å². The summed E-state index contributed by atoms with van der Waals surface area (Å²) < 4.78 is 24.2. The number of halogens is 1. The molecule has 1 unspecified atom stereocenters. The second-order valence-electron chi connectivity index (χ2n) is 8.92. The highest BCUT2D eigenvalue weighted by molar-refractivity contribution is 5.71. The van der Waals surface area contributed by atoms with Gasteiger partial charge in [0.2, 0.25) is 0 Å². The number of fused-ring (bicyclic) bond motifs is 1. The summed E-state index contributed by atoms with van der Waals surface area (Å²) in [4.78, 5) is 11.8. The first-order chi connectivity index (χ1) is 16.4. The van der Waals surface area contributed by atoms with E-state index in [1.807, 2.05) is 19.1 Å². The Morgan fingerprint density at radius 3 is 2.56 bits per heavy atom. The highest BCUT2D eigenvalue weighted by Gasteiger charge is 2.23. The minimum absolute atomic E-state index is 0.0639. The van der Waals surface area contributed by atoms with Gasteiger partial charge < -0.3 is 14.6 Å². The van der Waals surface area contributed by atoms with Crippen LogP contribution in [0.25, 0.3) is 0 Å². The number of aryl methyl sites for hydroxylation is 1. The van der Waals surface area contributed by atoms with Gasteiger partial charge in [-0.05, 0) is 97.2 Å². The van der Waals surface area contributed by atoms with Crippen LogP contribution in [-0.4, -0.2) is 24.3 Å². The highest BCUT2D eigenvalue weighted by atomic mass is 19.1. The highest BCUT2D eigenvalue weighted by Crippen LogP contribution is 2.38. The van der Waals surface area contributed by atoms with Crippen LogP contribution in [0, 0.1) is 12.7 Å². The van der Waals surface area contributed by atoms with Crippen LogP contribution in [0.2, 0.25) is 0 Å². The van der Waals surface area contributed by atoms with E-state index in [0.29, 0.717) is 6.61 Å². The topological polar surface area (TPSA) is 55.8 Å². The second kappa shape index (κ2) is 10.3. The molecule has 5 heteroatoms. The number of phenols is 1. The number of hydrogen-bond donors (Lipinski definition) is 1. The molecule has 3 aromatic carbocycles. The summed E-state index contributed by atoms with van der Waals surface area (Å²) in [6.07, 6.45) is 3.72. The van der Waals surface area contributed by atoms with Crippen molar-refractivity contribution in [2.75, 3.05) is 13.2 Å². The molecule has 1 N–H and O–H groups in total. The molecule has 1 aliphatic carbocycles. The zero-order valence-corrected chi connectivity index (χ0v) is 20.0. The normalized spacial score (nSPS) is 13.4. The molecule has 0 fully saturated rings. The number of ether oxygens (including phenoxy) is 2. The largest absolute Gasteiger partial charge is 0.508 e. The number of rotatable bonds is 8. The number of hydrogen-bond acceptors (Lipinski definition) is 4. The number of aromatic hydroxyl groups is 1. The van der Waals surface area contributed by atoms with E-state index in [-0.39, 0.29) is 30.1 Å². The minimum atomic E-state index is -0.358. The lowest BCUT2D eigenvalue weighted by Gasteiger charge is -2.19. The summed E-state index contributed by atoms with van der Waals surface area (Å²) in [5, 5.41) is 10.5. The molecule has 0 aliphatic heterocycles. The fourth-order valence-electron chi connectivity index (χ4n) is 4.87. The SMILES string of the molecule is CCOC(=O)COc1cc(C)c(Cc2ccc(O)c(C(C)c3ccc(F)cc3)c2)c2c1CCC2. The second-order valence-corrected chi connectivity index (χ2v) is 8.92. The number of esters is 1. The Kier molecular flexibility index (Phi) is 7.20. The van der Waals surface area contributed by atoms with Crippen LogP contribution in [0.3, 0.4) is 0 Å². The monoisotopic (exact) mass is 462 g/mol. The molecule has 34 heavy (non-hydrogen) atoms. The molecule has 4 rings (SSSR count). The van der Waals surface area contributed by atoms with Gasteiger partial charge in [0.05, 0.1) is 6.61 Å². The number of benzene rings is 3. The Labute approximate surface area is 200 Å². The van der Waals surface area contributed by atoms with Crippen LogP contribution < -0.4 is 4.74 Å². The zero-order valence-electron chi connectivity index (χ0n) is 20.0. The fraction of sp³-hybridized carbons (Fsp3) is 0.345. The third-order valence-corrected chi connectivity index (χ3v) is 6.66. The van der Waals surface area contributed by atoms with Crippen molar-refractivity contribution in [3.8, 4) is 11.5 Å². The third kappa shape index (κ3) is 5.09. The van der Waals surface area contributed by atoms with E-state index in [9.17, 15) is 14.3 Å². The molecular formula is C29H31FO4. The number of phenolic OH excluding ortho intramolecular Hbond substituents is 1. The molecule has 0 bridgehead atoms. The van der Waals surface area contributed by atoms with E-state index in [1.165, 1.54) is 28.8 Å². The van der Waals surface area contributed by atoms with Gasteiger partial charge >= 0.3 is 5.97 Å². The van der Waals surface area contributed by atoms with Gasteiger partial charge in [0.25, 0.3) is 0 Å². The van der Waals surface area contributed by atoms with E-state index in [4.69, 9.17) is 9.47 Å². The Hall–Kier alpha value is -3.34. The van der Waals surface area contributed by atoms with Crippen molar-refractivity contribution in [1.82, 2.24) is 0 Å². The van der Waals surface area contributed by atoms with Gasteiger partial charge in [0.1, 0.15) is 17.3 Å². The average Bonchev–Trinajstić information content (AvgIpc) is 3.31. The van der Waals surface area contributed by atoms with E-state index in [0.717, 1.165) is 53.7 Å². The third-order valence-electron chi connectivity index (χ3n) is 6.66. The molecule has 3 aromatic rings. The van der Waals surface area contributed by atoms with Crippen molar-refractivity contribution in [3.05, 3.63) is 93.3 Å². The van der Waals surface area contributed by atoms with Gasteiger partial charge in [-0.3, -0.25) is 0 Å². The van der Waals surface area contributed by atoms with Crippen molar-refractivity contribution in [3.63, 3.8) is 0 Å². The van der Waals surface area contributed by atoms with Crippen LogP contribution in [0.1, 0.15) is 65.1 Å². The minimum Gasteiger partial charge on any atom is -0.508 e. The fourth-order valence-corrected chi connectivity index (χ4v) is 4.87. The van der Waals surface area contributed by atoms with Crippen molar-refractivity contribution in [1.29, 1.82) is 0 Å².